The number of hydrogen-bond donors (Lipinski definition) is 6. The summed E-state index contributed by atoms with van der Waals surface area (Å²) < 4.78 is 93.5. The number of aliphatic hydroxyl groups excluding tert-OH is 2. The molecule has 442 valence electrons. The Labute approximate surface area is 541 Å². The number of aromatic amines is 1. The fourth-order valence-corrected chi connectivity index (χ4v) is 13.3. The van der Waals surface area contributed by atoms with Crippen molar-refractivity contribution in [2.45, 2.75) is 134 Å². The molecule has 0 amide bonds. The van der Waals surface area contributed by atoms with Gasteiger partial charge in [0, 0.05) is 54.8 Å². The zero-order valence-electron chi connectivity index (χ0n) is 46.6. The van der Waals surface area contributed by atoms with Crippen LogP contribution in [-0.4, -0.2) is 120 Å². The van der Waals surface area contributed by atoms with Crippen LogP contribution in [0.1, 0.15) is 96.3 Å². The van der Waals surface area contributed by atoms with Gasteiger partial charge in [-0.2, -0.15) is 25.7 Å². The number of benzene rings is 3. The molecule has 1 unspecified atom stereocenters. The molecule has 21 nitrogen and oxygen atoms in total. The van der Waals surface area contributed by atoms with Gasteiger partial charge in [0.25, 0.3) is 0 Å². The van der Waals surface area contributed by atoms with E-state index in [4.69, 9.17) is 25.0 Å². The van der Waals surface area contributed by atoms with Crippen LogP contribution in [0.2, 0.25) is 0 Å². The monoisotopic (exact) mass is 1290 g/mol. The number of aromatic nitrogens is 6. The van der Waals surface area contributed by atoms with Crippen LogP contribution in [0, 0.1) is 4.77 Å². The normalized spacial score (nSPS) is 15.5. The molecule has 5 aliphatic rings. The minimum Gasteiger partial charge on any atom is -0.857 e. The first-order valence-corrected chi connectivity index (χ1v) is 33.5. The number of thioether (sulfide) groups is 1. The Hall–Kier alpha value is -2.42. The van der Waals surface area contributed by atoms with Gasteiger partial charge in [-0.3, -0.25) is 8.76 Å². The summed E-state index contributed by atoms with van der Waals surface area (Å²) >= 11 is 4.68. The topological polar surface area (TPSA) is 368 Å². The average Bonchev–Trinajstić information content (AvgIpc) is 3.48. The van der Waals surface area contributed by atoms with E-state index in [1.165, 1.54) is 54.0 Å². The molecule has 5 aliphatic carbocycles. The fourth-order valence-electron chi connectivity index (χ4n) is 6.38. The van der Waals surface area contributed by atoms with E-state index in [0.29, 0.717) is 4.77 Å². The third kappa shape index (κ3) is 33.5. The van der Waals surface area contributed by atoms with Crippen LogP contribution < -0.4 is 91.2 Å². The van der Waals surface area contributed by atoms with Crippen LogP contribution in [0.3, 0.4) is 0 Å². The fraction of sp³-hybridized carbons (Fsp3) is 0.423. The van der Waals surface area contributed by atoms with E-state index in [0.717, 1.165) is 95.3 Å². The van der Waals surface area contributed by atoms with Crippen molar-refractivity contribution >= 4 is 89.2 Å². The molecule has 82 heavy (non-hydrogen) atoms. The molecule has 30 heteroatoms. The molecule has 0 bridgehead atoms. The molecule has 0 spiro atoms. The van der Waals surface area contributed by atoms with Gasteiger partial charge in [-0.1, -0.05) is 140 Å². The Morgan fingerprint density at radius 1 is 0.622 bits per heavy atom. The van der Waals surface area contributed by atoms with Crippen LogP contribution in [0.25, 0.3) is 0 Å². The van der Waals surface area contributed by atoms with Gasteiger partial charge in [-0.05, 0) is 125 Å². The molecule has 0 aliphatic heterocycles. The van der Waals surface area contributed by atoms with E-state index in [2.05, 4.69) is 143 Å². The van der Waals surface area contributed by atoms with E-state index in [9.17, 15) is 34.0 Å². The Kier molecular flexibility index (Phi) is 44.5. The number of rotatable bonds is 10. The van der Waals surface area contributed by atoms with Crippen LogP contribution >= 0.6 is 31.9 Å². The summed E-state index contributed by atoms with van der Waals surface area (Å²) in [6, 6.07) is 37.6. The molecule has 5 saturated carbocycles. The first kappa shape index (κ1) is 79.6. The first-order chi connectivity index (χ1) is 38.4. The molecule has 0 radical (unpaired) electrons. The summed E-state index contributed by atoms with van der Waals surface area (Å²) in [5.74, 6) is 3.97. The van der Waals surface area contributed by atoms with Crippen LogP contribution in [0.4, 0.5) is 0 Å². The Balaban J connectivity index is 0.000000936. The molecule has 0 saturated heterocycles. The number of nitrogens with two attached hydrogens (primary N) is 2. The number of primary sulfonamides is 1. The number of sulfone groups is 1. The largest absolute Gasteiger partial charge is 1.00 e. The zero-order valence-corrected chi connectivity index (χ0v) is 56.4. The smallest absolute Gasteiger partial charge is 0.857 e. The Morgan fingerprint density at radius 3 is 1.21 bits per heavy atom. The van der Waals surface area contributed by atoms with Gasteiger partial charge in [0.2, 0.25) is 25.0 Å². The molecule has 6 aromatic rings. The van der Waals surface area contributed by atoms with E-state index < -0.39 is 49.3 Å². The number of nitrogens with one attached hydrogen (secondary N) is 1. The number of nitrogens with zero attached hydrogens (tertiary/aromatic N) is 5. The number of aliphatic hydroxyl groups is 2. The maximum atomic E-state index is 11.7. The Morgan fingerprint density at radius 2 is 0.988 bits per heavy atom. The van der Waals surface area contributed by atoms with Gasteiger partial charge in [0.15, 0.2) is 9.93 Å². The predicted molar refractivity (Wildman–Crippen MR) is 315 cm³/mol. The van der Waals surface area contributed by atoms with Crippen molar-refractivity contribution in [1.82, 2.24) is 29.9 Å². The van der Waals surface area contributed by atoms with Gasteiger partial charge in [0.05, 0.1) is 16.6 Å². The van der Waals surface area contributed by atoms with Gasteiger partial charge >= 0.3 is 69.5 Å². The minimum absolute atomic E-state index is 0. The number of sulfonamides is 1. The van der Waals surface area contributed by atoms with Gasteiger partial charge in [0.1, 0.15) is 0 Å². The van der Waals surface area contributed by atoms with Crippen LogP contribution in [-0.2, 0) is 45.6 Å². The third-order valence-corrected chi connectivity index (χ3v) is 20.4. The number of H-pyrrole nitrogens is 1. The van der Waals surface area contributed by atoms with E-state index in [-0.39, 0.29) is 86.1 Å². The summed E-state index contributed by atoms with van der Waals surface area (Å²) in [5.41, 5.74) is 0. The Bertz CT molecular complexity index is 2860. The van der Waals surface area contributed by atoms with E-state index in [1.807, 2.05) is 17.8 Å². The molecule has 8 N–H and O–H groups in total. The van der Waals surface area contributed by atoms with Crippen molar-refractivity contribution in [3.63, 3.8) is 0 Å². The SMILES string of the molecule is CO.C[O-].NOS(=O)(=O)O.NS(=O)(=O)C1CCC1.O=S(=O)(c1ncccn1)C1CCC1.O=S([O-])C1CCC1.OC1CCC1.S=c1nccc[nH]1.[Na+].[Na+].c1ccc(P(c2ccccc2)c2ccccc2)cc1.c1cnc(SC2CCC2)nc1. The van der Waals surface area contributed by atoms with Crippen molar-refractivity contribution in [2.75, 3.05) is 14.2 Å². The molecule has 3 aromatic heterocycles. The maximum absolute atomic E-state index is 11.7. The third-order valence-electron chi connectivity index (χ3n) is 11.8. The second-order valence-corrected chi connectivity index (χ2v) is 27.4. The summed E-state index contributed by atoms with van der Waals surface area (Å²) in [4.78, 5) is 22.3. The van der Waals surface area contributed by atoms with Crippen molar-refractivity contribution in [1.29, 1.82) is 0 Å². The summed E-state index contributed by atoms with van der Waals surface area (Å²) in [6.07, 6.45) is 25.3. The van der Waals surface area contributed by atoms with E-state index >= 15 is 0 Å². The zero-order chi connectivity index (χ0) is 59.2. The standard InChI is InChI=1S/C18H15P.C8H10N2O2S.C8H10N2S.C4H4N2S.C4H9NO2S.C4H8O2S.C4H8O.CH4O.CH3O.H3NO4S.2Na/c1-4-10-16(11-5-1)19(17-12-6-2-7-13-17)18-14-8-3-9-15-18;11-13(12,7-3-1-4-7)8-9-5-2-6-10-8;1-3-7(4-1)11-8-9-5-2-6-10-8;7-4-5-2-1-3-6-4;5-8(6,7)4-2-1-3-4;5-7(6)4-2-1-3-4;5-4-2-1-3-4;2*1-2;1-5-6(2,3)4;;/h1-15H;2,5-7H,1,3-4H2;2,5-7H,1,3-4H2;1-3H,(H,5,6,7);4H,1-3H2,(H2,5,6,7);4H,1-3H2,(H,5,6);4-5H,1-3H2;2H,1H3;1H3;1H2,(H,2,3,4);;/q;;;;;;;;-1;;2*+1/p-1. The van der Waals surface area contributed by atoms with Gasteiger partial charge < -0.3 is 24.9 Å². The van der Waals surface area contributed by atoms with Crippen molar-refractivity contribution in [2.24, 2.45) is 11.0 Å². The van der Waals surface area contributed by atoms with Crippen molar-refractivity contribution < 1.29 is 117 Å². The molecule has 11 rings (SSSR count). The molecular weight excluding hydrogens is 1210 g/mol. The quantitative estimate of drug-likeness (QED) is 0.0192. The van der Waals surface area contributed by atoms with Crippen molar-refractivity contribution in [3.8, 4) is 0 Å². The maximum Gasteiger partial charge on any atom is 1.00 e. The minimum atomic E-state index is -4.38. The summed E-state index contributed by atoms with van der Waals surface area (Å²) in [5, 5.41) is 33.9. The molecule has 1 atom stereocenters. The van der Waals surface area contributed by atoms with E-state index in [1.54, 1.807) is 36.9 Å². The second kappa shape index (κ2) is 45.8. The average molecular weight is 1290 g/mol. The molecular formula is C52H73N8Na2O13PS6. The predicted octanol–water partition coefficient (Wildman–Crippen LogP) is -0.443. The van der Waals surface area contributed by atoms with Gasteiger partial charge in [-0.25, -0.2) is 46.9 Å². The van der Waals surface area contributed by atoms with Crippen LogP contribution in [0.5, 0.6) is 0 Å². The molecule has 3 aromatic carbocycles. The first-order valence-electron chi connectivity index (χ1n) is 25.3. The molecule has 3 heterocycles. The second-order valence-electron chi connectivity index (χ2n) is 17.3. The van der Waals surface area contributed by atoms with Gasteiger partial charge in [-0.15, -0.1) is 0 Å². The van der Waals surface area contributed by atoms with Crippen molar-refractivity contribution in [3.05, 3.63) is 151 Å². The molecule has 5 fully saturated rings. The number of hydrogen-bond acceptors (Lipinski definition) is 20. The summed E-state index contributed by atoms with van der Waals surface area (Å²) in [6.45, 7) is 0. The van der Waals surface area contributed by atoms with Crippen LogP contribution in [0.15, 0.2) is 157 Å². The summed E-state index contributed by atoms with van der Waals surface area (Å²) in [7, 11) is -9.47.